The second-order valence-electron chi connectivity index (χ2n) is 5.85. The van der Waals surface area contributed by atoms with Gasteiger partial charge in [0.15, 0.2) is 5.75 Å². The van der Waals surface area contributed by atoms with Crippen LogP contribution in [-0.4, -0.2) is 29.6 Å². The Morgan fingerprint density at radius 3 is 2.61 bits per heavy atom. The lowest BCUT2D eigenvalue weighted by molar-refractivity contribution is 0.477. The van der Waals surface area contributed by atoms with Crippen molar-refractivity contribution in [3.8, 4) is 17.2 Å². The average Bonchev–Trinajstić information content (AvgIpc) is 3.09. The molecule has 136 valence electrons. The quantitative estimate of drug-likeness (QED) is 0.506. The summed E-state index contributed by atoms with van der Waals surface area (Å²) in [6.45, 7) is 0. The largest absolute Gasteiger partial charge is 0.514 e. The first-order valence-corrected chi connectivity index (χ1v) is 9.04. The molecule has 0 atom stereocenters. The fraction of sp³-hybridized carbons (Fsp3) is 0. The molecular formula is C19H11N5O3S. The number of aliphatic hydroxyl groups is 1. The van der Waals surface area contributed by atoms with Crippen molar-refractivity contribution in [3.63, 3.8) is 0 Å². The van der Waals surface area contributed by atoms with E-state index in [4.69, 9.17) is 4.74 Å². The minimum absolute atomic E-state index is 0.438. The van der Waals surface area contributed by atoms with E-state index in [1.807, 2.05) is 0 Å². The molecule has 5 aromatic rings. The highest BCUT2D eigenvalue weighted by molar-refractivity contribution is 7.17. The van der Waals surface area contributed by atoms with Gasteiger partial charge in [-0.25, -0.2) is 19.7 Å². The van der Waals surface area contributed by atoms with E-state index in [0.29, 0.717) is 37.6 Å². The molecular weight excluding hydrogens is 378 g/mol. The SMILES string of the molecule is O=c1nc2c(=CO)sc3nccc(c32)n1-c1ccc(Oc2cncnc2)cc1. The van der Waals surface area contributed by atoms with Gasteiger partial charge in [-0.2, -0.15) is 4.98 Å². The Balaban J connectivity index is 1.65. The van der Waals surface area contributed by atoms with E-state index in [2.05, 4.69) is 19.9 Å². The molecule has 0 saturated carbocycles. The monoisotopic (exact) mass is 389 g/mol. The van der Waals surface area contributed by atoms with Gasteiger partial charge in [0.1, 0.15) is 22.4 Å². The summed E-state index contributed by atoms with van der Waals surface area (Å²) in [5.74, 6) is 1.11. The number of aromatic nitrogens is 5. The molecule has 0 amide bonds. The zero-order valence-electron chi connectivity index (χ0n) is 14.2. The molecule has 9 heteroatoms. The molecule has 1 aromatic carbocycles. The van der Waals surface area contributed by atoms with Gasteiger partial charge >= 0.3 is 5.69 Å². The highest BCUT2D eigenvalue weighted by Crippen LogP contribution is 2.27. The molecule has 0 fully saturated rings. The maximum atomic E-state index is 12.7. The molecule has 28 heavy (non-hydrogen) atoms. The van der Waals surface area contributed by atoms with Crippen LogP contribution in [0.3, 0.4) is 0 Å². The lowest BCUT2D eigenvalue weighted by Crippen LogP contribution is -2.22. The minimum Gasteiger partial charge on any atom is -0.514 e. The van der Waals surface area contributed by atoms with Crippen molar-refractivity contribution in [2.24, 2.45) is 0 Å². The van der Waals surface area contributed by atoms with Gasteiger partial charge < -0.3 is 9.84 Å². The molecule has 5 rings (SSSR count). The topological polar surface area (TPSA) is 103 Å². The first-order valence-electron chi connectivity index (χ1n) is 8.22. The molecule has 0 unspecified atom stereocenters. The summed E-state index contributed by atoms with van der Waals surface area (Å²) >= 11 is 1.28. The molecule has 0 aliphatic carbocycles. The van der Waals surface area contributed by atoms with Gasteiger partial charge in [-0.3, -0.25) is 4.57 Å². The molecule has 1 N–H and O–H groups in total. The van der Waals surface area contributed by atoms with Gasteiger partial charge in [0.2, 0.25) is 0 Å². The Labute approximate surface area is 161 Å². The summed E-state index contributed by atoms with van der Waals surface area (Å²) in [5, 5.41) is 10.2. The molecule has 4 heterocycles. The summed E-state index contributed by atoms with van der Waals surface area (Å²) < 4.78 is 7.71. The number of pyridine rings is 1. The van der Waals surface area contributed by atoms with Crippen LogP contribution in [0.25, 0.3) is 33.2 Å². The van der Waals surface area contributed by atoms with Crippen molar-refractivity contribution >= 4 is 38.8 Å². The number of thiophene rings is 1. The molecule has 0 spiro atoms. The summed E-state index contributed by atoms with van der Waals surface area (Å²) in [5.41, 5.74) is 1.33. The van der Waals surface area contributed by atoms with Crippen molar-refractivity contribution in [1.29, 1.82) is 0 Å². The lowest BCUT2D eigenvalue weighted by atomic mass is 10.2. The minimum atomic E-state index is -0.438. The second-order valence-corrected chi connectivity index (χ2v) is 6.88. The van der Waals surface area contributed by atoms with Gasteiger partial charge in [0, 0.05) is 6.20 Å². The highest BCUT2D eigenvalue weighted by Gasteiger charge is 2.15. The second kappa shape index (κ2) is 6.39. The summed E-state index contributed by atoms with van der Waals surface area (Å²) in [7, 11) is 0. The van der Waals surface area contributed by atoms with Gasteiger partial charge in [0.25, 0.3) is 0 Å². The summed E-state index contributed by atoms with van der Waals surface area (Å²) in [4.78, 5) is 29.7. The average molecular weight is 389 g/mol. The van der Waals surface area contributed by atoms with Crippen LogP contribution in [0.15, 0.2) is 60.0 Å². The van der Waals surface area contributed by atoms with E-state index in [-0.39, 0.29) is 0 Å². The maximum absolute atomic E-state index is 12.7. The Morgan fingerprint density at radius 1 is 1.07 bits per heavy atom. The van der Waals surface area contributed by atoms with Gasteiger partial charge in [-0.15, -0.1) is 11.3 Å². The van der Waals surface area contributed by atoms with Gasteiger partial charge in [-0.05, 0) is 30.3 Å². The van der Waals surface area contributed by atoms with Crippen LogP contribution in [0.1, 0.15) is 0 Å². The number of benzene rings is 1. The Morgan fingerprint density at radius 2 is 1.86 bits per heavy atom. The third-order valence-corrected chi connectivity index (χ3v) is 5.22. The fourth-order valence-electron chi connectivity index (χ4n) is 3.03. The van der Waals surface area contributed by atoms with Crippen LogP contribution in [0, 0.1) is 0 Å². The third-order valence-electron chi connectivity index (χ3n) is 4.20. The van der Waals surface area contributed by atoms with E-state index < -0.39 is 5.69 Å². The van der Waals surface area contributed by atoms with E-state index >= 15 is 0 Å². The van der Waals surface area contributed by atoms with Crippen molar-refractivity contribution < 1.29 is 9.84 Å². The summed E-state index contributed by atoms with van der Waals surface area (Å²) in [6.07, 6.45) is 7.15. The number of nitrogens with zero attached hydrogens (tertiary/aromatic N) is 5. The molecule has 0 aliphatic heterocycles. The maximum Gasteiger partial charge on any atom is 0.353 e. The number of ether oxygens (including phenoxy) is 1. The molecule has 0 aliphatic rings. The number of aliphatic hydroxyl groups excluding tert-OH is 1. The van der Waals surface area contributed by atoms with Crippen LogP contribution >= 0.6 is 11.3 Å². The van der Waals surface area contributed by atoms with E-state index in [1.165, 1.54) is 22.2 Å². The van der Waals surface area contributed by atoms with Gasteiger partial charge in [-0.1, -0.05) is 0 Å². The predicted molar refractivity (Wildman–Crippen MR) is 105 cm³/mol. The molecule has 0 saturated heterocycles. The Hall–Kier alpha value is -3.85. The smallest absolute Gasteiger partial charge is 0.353 e. The highest BCUT2D eigenvalue weighted by atomic mass is 32.1. The first-order chi connectivity index (χ1) is 13.7. The number of hydrogen-bond donors (Lipinski definition) is 1. The Kier molecular flexibility index (Phi) is 3.73. The van der Waals surface area contributed by atoms with Crippen LogP contribution < -0.4 is 15.0 Å². The fourth-order valence-corrected chi connectivity index (χ4v) is 3.95. The predicted octanol–water partition coefficient (Wildman–Crippen LogP) is 2.59. The van der Waals surface area contributed by atoms with Crippen LogP contribution in [-0.2, 0) is 0 Å². The third kappa shape index (κ3) is 2.57. The van der Waals surface area contributed by atoms with E-state index in [9.17, 15) is 9.90 Å². The molecule has 0 radical (unpaired) electrons. The van der Waals surface area contributed by atoms with E-state index in [1.54, 1.807) is 48.9 Å². The number of rotatable bonds is 3. The van der Waals surface area contributed by atoms with Gasteiger partial charge in [0.05, 0.1) is 39.8 Å². The molecule has 0 bridgehead atoms. The standard InChI is InChI=1S/C19H11N5O3S/c25-9-15-17-16-14(5-6-22-18(16)28-15)24(19(26)23-17)11-1-3-12(4-2-11)27-13-7-20-10-21-8-13/h1-10,25H. The summed E-state index contributed by atoms with van der Waals surface area (Å²) in [6, 6.07) is 8.82. The zero-order chi connectivity index (χ0) is 19.1. The zero-order valence-corrected chi connectivity index (χ0v) is 15.0. The number of hydrogen-bond acceptors (Lipinski definition) is 8. The van der Waals surface area contributed by atoms with Crippen molar-refractivity contribution in [2.75, 3.05) is 0 Å². The Bertz CT molecular complexity index is 1410. The van der Waals surface area contributed by atoms with Crippen LogP contribution in [0.4, 0.5) is 0 Å². The van der Waals surface area contributed by atoms with Crippen molar-refractivity contribution in [2.45, 2.75) is 0 Å². The normalized spacial score (nSPS) is 12.1. The van der Waals surface area contributed by atoms with E-state index in [0.717, 1.165) is 11.6 Å². The lowest BCUT2D eigenvalue weighted by Gasteiger charge is -2.10. The van der Waals surface area contributed by atoms with Crippen molar-refractivity contribution in [3.05, 3.63) is 70.3 Å². The first kappa shape index (κ1) is 16.3. The molecule has 4 aromatic heterocycles. The van der Waals surface area contributed by atoms with Crippen LogP contribution in [0.5, 0.6) is 11.5 Å². The molecule has 8 nitrogen and oxygen atoms in total. The van der Waals surface area contributed by atoms with Crippen molar-refractivity contribution in [1.82, 2.24) is 24.5 Å². The van der Waals surface area contributed by atoms with Crippen LogP contribution in [0.2, 0.25) is 0 Å².